The zero-order chi connectivity index (χ0) is 15.0. The predicted molar refractivity (Wildman–Crippen MR) is 77.6 cm³/mol. The number of rotatable bonds is 6. The van der Waals surface area contributed by atoms with Crippen LogP contribution in [0.2, 0.25) is 0 Å². The third kappa shape index (κ3) is 5.27. The lowest BCUT2D eigenvalue weighted by atomic mass is 10.1. The number of hydrogen-bond donors (Lipinski definition) is 3. The number of amides is 2. The third-order valence-corrected chi connectivity index (χ3v) is 2.92. The molecule has 20 heavy (non-hydrogen) atoms. The molecule has 0 aliphatic heterocycles. The van der Waals surface area contributed by atoms with Crippen molar-refractivity contribution in [2.75, 3.05) is 26.0 Å². The van der Waals surface area contributed by atoms with Gasteiger partial charge >= 0.3 is 12.0 Å². The van der Waals surface area contributed by atoms with Crippen molar-refractivity contribution >= 4 is 17.7 Å². The van der Waals surface area contributed by atoms with Crippen LogP contribution in [0.25, 0.3) is 0 Å². The molecule has 0 saturated heterocycles. The van der Waals surface area contributed by atoms with Gasteiger partial charge in [-0.25, -0.2) is 4.79 Å². The summed E-state index contributed by atoms with van der Waals surface area (Å²) in [7, 11) is 3.20. The first-order valence-corrected chi connectivity index (χ1v) is 6.45. The van der Waals surface area contributed by atoms with Gasteiger partial charge in [-0.2, -0.15) is 0 Å². The van der Waals surface area contributed by atoms with Crippen LogP contribution in [0, 0.1) is 0 Å². The molecule has 0 saturated carbocycles. The van der Waals surface area contributed by atoms with Crippen LogP contribution < -0.4 is 16.0 Å². The summed E-state index contributed by atoms with van der Waals surface area (Å²) in [6.45, 7) is 2.28. The van der Waals surface area contributed by atoms with Crippen LogP contribution in [0.15, 0.2) is 24.3 Å². The molecule has 1 atom stereocenters. The number of hydrogen-bond acceptors (Lipinski definition) is 4. The van der Waals surface area contributed by atoms with E-state index in [2.05, 4.69) is 20.7 Å². The first kappa shape index (κ1) is 16.0. The van der Waals surface area contributed by atoms with Gasteiger partial charge in [-0.05, 0) is 31.7 Å². The molecule has 0 aromatic heterocycles. The van der Waals surface area contributed by atoms with Crippen molar-refractivity contribution in [3.63, 3.8) is 0 Å². The zero-order valence-corrected chi connectivity index (χ0v) is 12.0. The summed E-state index contributed by atoms with van der Waals surface area (Å²) in [6, 6.07) is 7.45. The first-order chi connectivity index (χ1) is 9.56. The number of carbonyl (C=O) groups is 2. The summed E-state index contributed by atoms with van der Waals surface area (Å²) < 4.78 is 4.49. The van der Waals surface area contributed by atoms with Crippen molar-refractivity contribution in [3.8, 4) is 0 Å². The standard InChI is InChI=1S/C14H21N3O3/c1-10(15-2)11-5-4-6-12(9-11)17-14(19)16-8-7-13(18)20-3/h4-6,9-10,15H,7-8H2,1-3H3,(H2,16,17,19). The first-order valence-electron chi connectivity index (χ1n) is 6.45. The summed E-state index contributed by atoms with van der Waals surface area (Å²) in [4.78, 5) is 22.5. The van der Waals surface area contributed by atoms with E-state index < -0.39 is 0 Å². The molecular weight excluding hydrogens is 258 g/mol. The van der Waals surface area contributed by atoms with Crippen molar-refractivity contribution in [3.05, 3.63) is 29.8 Å². The second-order valence-corrected chi connectivity index (χ2v) is 4.34. The van der Waals surface area contributed by atoms with Gasteiger partial charge in [0.25, 0.3) is 0 Å². The van der Waals surface area contributed by atoms with Crippen molar-refractivity contribution < 1.29 is 14.3 Å². The number of ether oxygens (including phenoxy) is 1. The molecule has 0 spiro atoms. The maximum atomic E-state index is 11.6. The van der Waals surface area contributed by atoms with Crippen LogP contribution in [0.5, 0.6) is 0 Å². The Morgan fingerprint density at radius 2 is 2.10 bits per heavy atom. The summed E-state index contributed by atoms with van der Waals surface area (Å²) in [5.74, 6) is -0.352. The second-order valence-electron chi connectivity index (χ2n) is 4.34. The Bertz CT molecular complexity index is 463. The van der Waals surface area contributed by atoms with E-state index in [-0.39, 0.29) is 31.0 Å². The van der Waals surface area contributed by atoms with Crippen LogP contribution in [-0.4, -0.2) is 32.7 Å². The van der Waals surface area contributed by atoms with E-state index >= 15 is 0 Å². The summed E-state index contributed by atoms with van der Waals surface area (Å²) in [5, 5.41) is 8.45. The minimum absolute atomic E-state index is 0.154. The number of esters is 1. The maximum Gasteiger partial charge on any atom is 0.319 e. The van der Waals surface area contributed by atoms with Gasteiger partial charge in [-0.15, -0.1) is 0 Å². The molecule has 6 heteroatoms. The smallest absolute Gasteiger partial charge is 0.319 e. The highest BCUT2D eigenvalue weighted by molar-refractivity contribution is 5.89. The van der Waals surface area contributed by atoms with Crippen molar-refractivity contribution in [1.82, 2.24) is 10.6 Å². The Balaban J connectivity index is 2.47. The van der Waals surface area contributed by atoms with E-state index in [1.807, 2.05) is 38.2 Å². The van der Waals surface area contributed by atoms with E-state index in [0.29, 0.717) is 5.69 Å². The number of carbonyl (C=O) groups excluding carboxylic acids is 2. The van der Waals surface area contributed by atoms with E-state index in [9.17, 15) is 9.59 Å². The van der Waals surface area contributed by atoms with Crippen LogP contribution in [0.3, 0.4) is 0 Å². The fourth-order valence-electron chi connectivity index (χ4n) is 1.61. The van der Waals surface area contributed by atoms with E-state index in [1.165, 1.54) is 7.11 Å². The normalized spacial score (nSPS) is 11.6. The number of anilines is 1. The third-order valence-electron chi connectivity index (χ3n) is 2.92. The lowest BCUT2D eigenvalue weighted by Gasteiger charge is -2.13. The Morgan fingerprint density at radius 3 is 2.75 bits per heavy atom. The highest BCUT2D eigenvalue weighted by Gasteiger charge is 2.06. The number of urea groups is 1. The van der Waals surface area contributed by atoms with Crippen molar-refractivity contribution in [2.24, 2.45) is 0 Å². The molecule has 110 valence electrons. The second kappa shape index (κ2) is 8.16. The molecule has 1 rings (SSSR count). The highest BCUT2D eigenvalue weighted by atomic mass is 16.5. The Kier molecular flexibility index (Phi) is 6.52. The number of nitrogens with one attached hydrogen (secondary N) is 3. The lowest BCUT2D eigenvalue weighted by molar-refractivity contribution is -0.140. The minimum Gasteiger partial charge on any atom is -0.469 e. The van der Waals surface area contributed by atoms with Gasteiger partial charge in [0.2, 0.25) is 0 Å². The van der Waals surface area contributed by atoms with Crippen molar-refractivity contribution in [2.45, 2.75) is 19.4 Å². The molecule has 1 aromatic carbocycles. The van der Waals surface area contributed by atoms with Gasteiger partial charge in [0.1, 0.15) is 0 Å². The van der Waals surface area contributed by atoms with Crippen LogP contribution >= 0.6 is 0 Å². The highest BCUT2D eigenvalue weighted by Crippen LogP contribution is 2.16. The fourth-order valence-corrected chi connectivity index (χ4v) is 1.61. The predicted octanol–water partition coefficient (Wildman–Crippen LogP) is 1.65. The molecule has 0 aliphatic rings. The minimum atomic E-state index is -0.352. The van der Waals surface area contributed by atoms with Gasteiger partial charge in [0.05, 0.1) is 13.5 Å². The molecule has 3 N–H and O–H groups in total. The van der Waals surface area contributed by atoms with Gasteiger partial charge in [-0.3, -0.25) is 4.79 Å². The largest absolute Gasteiger partial charge is 0.469 e. The lowest BCUT2D eigenvalue weighted by Crippen LogP contribution is -2.30. The van der Waals surface area contributed by atoms with Crippen LogP contribution in [0.4, 0.5) is 10.5 Å². The van der Waals surface area contributed by atoms with E-state index in [1.54, 1.807) is 0 Å². The molecular formula is C14H21N3O3. The molecule has 0 radical (unpaired) electrons. The molecule has 1 unspecified atom stereocenters. The average Bonchev–Trinajstić information content (AvgIpc) is 2.46. The SMILES string of the molecule is CNC(C)c1cccc(NC(=O)NCCC(=O)OC)c1. The molecule has 0 fully saturated rings. The molecule has 6 nitrogen and oxygen atoms in total. The summed E-state index contributed by atoms with van der Waals surface area (Å²) >= 11 is 0. The Hall–Kier alpha value is -2.08. The maximum absolute atomic E-state index is 11.6. The summed E-state index contributed by atoms with van der Waals surface area (Å²) in [5.41, 5.74) is 1.79. The van der Waals surface area contributed by atoms with E-state index in [4.69, 9.17) is 0 Å². The van der Waals surface area contributed by atoms with Gasteiger partial charge in [0.15, 0.2) is 0 Å². The molecule has 0 heterocycles. The fraction of sp³-hybridized carbons (Fsp3) is 0.429. The van der Waals surface area contributed by atoms with Crippen LogP contribution in [0.1, 0.15) is 24.9 Å². The zero-order valence-electron chi connectivity index (χ0n) is 12.0. The topological polar surface area (TPSA) is 79.5 Å². The molecule has 1 aromatic rings. The Morgan fingerprint density at radius 1 is 1.35 bits per heavy atom. The number of benzene rings is 1. The average molecular weight is 279 g/mol. The van der Waals surface area contributed by atoms with Gasteiger partial charge < -0.3 is 20.7 Å². The van der Waals surface area contributed by atoms with Gasteiger partial charge in [-0.1, -0.05) is 12.1 Å². The Labute approximate surface area is 118 Å². The molecule has 2 amide bonds. The van der Waals surface area contributed by atoms with Gasteiger partial charge in [0, 0.05) is 18.3 Å². The quantitative estimate of drug-likeness (QED) is 0.692. The summed E-state index contributed by atoms with van der Waals surface area (Å²) in [6.07, 6.45) is 0.154. The van der Waals surface area contributed by atoms with Crippen molar-refractivity contribution in [1.29, 1.82) is 0 Å². The molecule has 0 bridgehead atoms. The monoisotopic (exact) mass is 279 g/mol. The van der Waals surface area contributed by atoms with Crippen LogP contribution in [-0.2, 0) is 9.53 Å². The van der Waals surface area contributed by atoms with E-state index in [0.717, 1.165) is 5.56 Å². The molecule has 0 aliphatic carbocycles. The number of methoxy groups -OCH3 is 1.